The number of hydrogen-bond donors (Lipinski definition) is 4. The first-order valence-electron chi connectivity index (χ1n) is 29.0. The molecule has 0 spiro atoms. The number of primary amides is 1. The third kappa shape index (κ3) is 18.4. The van der Waals surface area contributed by atoms with Crippen LogP contribution in [0.1, 0.15) is 88.4 Å². The van der Waals surface area contributed by atoms with Gasteiger partial charge in [0.2, 0.25) is 37.8 Å². The maximum Gasteiger partial charge on any atom is 0.326 e. The Morgan fingerprint density at radius 3 is 1.24 bits per heavy atom. The number of aryl methyl sites for hydroxylation is 2. The molecule has 2 aliphatic rings. The van der Waals surface area contributed by atoms with Crippen LogP contribution in [0.3, 0.4) is 0 Å². The standard InChI is InChI=1S/C33H38ClN3O5S.C33H37ClN2O6S.CH3I/c1-22-10-8-9-13-28(22)43(40,41)37-29(33(2,3)4)19-25(31(37)24-14-16-26(34)17-15-24)20-42-21-30(38)36-27(32(35)39)18-23-11-6-5-7-12-23;1-22-10-8-9-13-28(22)43(40,41)36-29(33(2,3)4)19-25(31(36)24-14-16-26(34)17-15-24)20-42-21-30(37)35-27(32(38)39)18-23-11-6-5-7-12-23;1-2/h5-17,19,27,29,31H,18,20-21H2,1-4H3,(H2,35,39)(H,36,38);5-17,19,27,29,31H,18,20-21H2,1-4H3,(H,35,37)(H,38,39);1H3/t2*27-,29-,31-;/m00./s1/i;;1D. The van der Waals surface area contributed by atoms with E-state index in [2.05, 4.69) is 10.6 Å². The second-order valence-electron chi connectivity index (χ2n) is 23.6. The van der Waals surface area contributed by atoms with Crippen LogP contribution >= 0.6 is 45.8 Å². The molecule has 3 amide bonds. The van der Waals surface area contributed by atoms with E-state index in [9.17, 15) is 41.1 Å². The fourth-order valence-electron chi connectivity index (χ4n) is 10.5. The van der Waals surface area contributed by atoms with E-state index in [1.807, 2.05) is 119 Å². The fourth-order valence-corrected chi connectivity index (χ4v) is 15.1. The van der Waals surface area contributed by atoms with Gasteiger partial charge in [-0.2, -0.15) is 8.61 Å². The molecule has 16 nitrogen and oxygen atoms in total. The van der Waals surface area contributed by atoms with E-state index in [1.54, 1.807) is 133 Å². The highest BCUT2D eigenvalue weighted by Crippen LogP contribution is 2.48. The Morgan fingerprint density at radius 1 is 0.580 bits per heavy atom. The number of carboxylic acid groups (broad SMARTS) is 1. The molecule has 0 fully saturated rings. The topological polar surface area (TPSA) is 232 Å². The van der Waals surface area contributed by atoms with Gasteiger partial charge in [0, 0.05) is 36.3 Å². The van der Waals surface area contributed by atoms with Crippen LogP contribution in [-0.2, 0) is 61.5 Å². The van der Waals surface area contributed by atoms with Gasteiger partial charge < -0.3 is 30.9 Å². The summed E-state index contributed by atoms with van der Waals surface area (Å²) in [5, 5.41) is 15.9. The largest absolute Gasteiger partial charge is 0.480 e. The average Bonchev–Trinajstić information content (AvgIpc) is 1.64. The number of benzene rings is 6. The highest BCUT2D eigenvalue weighted by Gasteiger charge is 2.50. The first-order chi connectivity index (χ1) is 42.0. The molecule has 2 aliphatic heterocycles. The molecule has 6 aromatic carbocycles. The van der Waals surface area contributed by atoms with E-state index in [-0.39, 0.29) is 42.5 Å². The van der Waals surface area contributed by atoms with Gasteiger partial charge in [0.05, 0.1) is 35.1 Å². The number of alkyl halides is 1. The summed E-state index contributed by atoms with van der Waals surface area (Å²) in [6, 6.07) is 41.7. The summed E-state index contributed by atoms with van der Waals surface area (Å²) in [5.74, 6) is -2.88. The van der Waals surface area contributed by atoms with Crippen LogP contribution in [0, 0.1) is 24.7 Å². The predicted octanol–water partition coefficient (Wildman–Crippen LogP) is 11.6. The summed E-state index contributed by atoms with van der Waals surface area (Å²) in [6.45, 7) is 14.7. The first-order valence-corrected chi connectivity index (χ1v) is 33.5. The minimum absolute atomic E-state index is 0.00694. The summed E-state index contributed by atoms with van der Waals surface area (Å²) in [6.07, 6.45) is 4.21. The highest BCUT2D eigenvalue weighted by atomic mass is 127. The molecule has 0 saturated carbocycles. The number of ether oxygens (including phenoxy) is 2. The Labute approximate surface area is 543 Å². The molecule has 2 heterocycles. The summed E-state index contributed by atoms with van der Waals surface area (Å²) in [4.78, 5) is 50.3. The molecule has 0 saturated heterocycles. The number of carboxylic acids is 1. The Balaban J connectivity index is 0.000000272. The third-order valence-corrected chi connectivity index (χ3v) is 19.3. The minimum Gasteiger partial charge on any atom is -0.480 e. The van der Waals surface area contributed by atoms with Gasteiger partial charge >= 0.3 is 5.97 Å². The lowest BCUT2D eigenvalue weighted by Crippen LogP contribution is -2.47. The first kappa shape index (κ1) is 69.2. The van der Waals surface area contributed by atoms with Gasteiger partial charge in [-0.25, -0.2) is 21.6 Å². The lowest BCUT2D eigenvalue weighted by Gasteiger charge is -2.37. The highest BCUT2D eigenvalue weighted by molar-refractivity contribution is 14.1. The molecule has 0 aliphatic carbocycles. The molecule has 0 unspecified atom stereocenters. The summed E-state index contributed by atoms with van der Waals surface area (Å²) >= 11 is 14.3. The molecule has 8 rings (SSSR count). The number of carbonyl (C=O) groups is 4. The number of hydrogen-bond acceptors (Lipinski definition) is 10. The fraction of sp³-hybridized carbons (Fsp3) is 0.343. The van der Waals surface area contributed by atoms with Crippen LogP contribution in [0.5, 0.6) is 0 Å². The smallest absolute Gasteiger partial charge is 0.326 e. The second kappa shape index (κ2) is 31.5. The number of rotatable bonds is 22. The number of nitrogens with two attached hydrogens (primary N) is 1. The summed E-state index contributed by atoms with van der Waals surface area (Å²) in [5.41, 5.74) is 10.3. The predicted molar refractivity (Wildman–Crippen MR) is 354 cm³/mol. The van der Waals surface area contributed by atoms with Gasteiger partial charge in [0.25, 0.3) is 0 Å². The number of carbonyl (C=O) groups excluding carboxylic acids is 3. The van der Waals surface area contributed by atoms with Crippen molar-refractivity contribution in [2.24, 2.45) is 16.6 Å². The van der Waals surface area contributed by atoms with Crippen LogP contribution < -0.4 is 16.4 Å². The Morgan fingerprint density at radius 2 is 0.909 bits per heavy atom. The van der Waals surface area contributed by atoms with Crippen molar-refractivity contribution in [1.29, 1.82) is 0 Å². The van der Waals surface area contributed by atoms with Crippen LogP contribution in [0.15, 0.2) is 191 Å². The monoisotopic (exact) mass is 1390 g/mol. The quantitative estimate of drug-likeness (QED) is 0.0284. The molecule has 6 aromatic rings. The van der Waals surface area contributed by atoms with Crippen molar-refractivity contribution in [1.82, 2.24) is 19.2 Å². The molecule has 0 radical (unpaired) electrons. The maximum absolute atomic E-state index is 14.3. The van der Waals surface area contributed by atoms with Crippen LogP contribution in [0.25, 0.3) is 0 Å². The number of nitrogens with zero attached hydrogens (tertiary/aromatic N) is 2. The SMILES string of the molecule is Cc1ccccc1S(=O)(=O)N1[C@@H](c2ccc(Cl)cc2)C(COCC(=O)N[C@@H](Cc2ccccc2)C(=O)O)=C[C@H]1C(C)(C)C.Cc1ccccc1S(=O)(=O)N1[C@@H](c2ccc(Cl)cc2)C(COCC(=O)N[C@@H](Cc2ccccc2)C(N)=O)=C[C@H]1C(C)(C)C.[2H]CI. The van der Waals surface area contributed by atoms with Gasteiger partial charge in [0.1, 0.15) is 25.3 Å². The average molecular weight is 1390 g/mol. The van der Waals surface area contributed by atoms with Crippen molar-refractivity contribution < 1.29 is 52.0 Å². The van der Waals surface area contributed by atoms with Crippen molar-refractivity contribution in [2.75, 3.05) is 31.3 Å². The zero-order chi connectivity index (χ0) is 65.4. The maximum atomic E-state index is 14.3. The molecule has 0 aromatic heterocycles. The molecular weight excluding hydrogens is 1310 g/mol. The lowest BCUT2D eigenvalue weighted by molar-refractivity contribution is -0.142. The molecule has 88 heavy (non-hydrogen) atoms. The number of aliphatic carboxylic acids is 1. The molecular formula is C67H78Cl2IN5O11S2. The van der Waals surface area contributed by atoms with E-state index in [1.165, 1.54) is 4.31 Å². The molecule has 0 bridgehead atoms. The molecule has 470 valence electrons. The van der Waals surface area contributed by atoms with Crippen molar-refractivity contribution in [2.45, 2.75) is 114 Å². The second-order valence-corrected chi connectivity index (χ2v) is 28.1. The normalized spacial score (nSPS) is 18.0. The number of amides is 3. The zero-order valence-electron chi connectivity index (χ0n) is 51.5. The number of sulfonamides is 2. The van der Waals surface area contributed by atoms with Gasteiger partial charge in [-0.3, -0.25) is 14.4 Å². The number of nitrogens with one attached hydrogen (secondary N) is 2. The van der Waals surface area contributed by atoms with Crippen LogP contribution in [0.4, 0.5) is 0 Å². The van der Waals surface area contributed by atoms with Gasteiger partial charge in [-0.05, 0) is 111 Å². The Bertz CT molecular complexity index is 3440. The number of halogens is 3. The van der Waals surface area contributed by atoms with Crippen molar-refractivity contribution in [3.8, 4) is 0 Å². The minimum atomic E-state index is -3.99. The molecule has 21 heteroatoms. The lowest BCUT2D eigenvalue weighted by atomic mass is 9.87. The van der Waals surface area contributed by atoms with Crippen LogP contribution in [0.2, 0.25) is 10.0 Å². The van der Waals surface area contributed by atoms with Crippen molar-refractivity contribution in [3.05, 3.63) is 224 Å². The van der Waals surface area contributed by atoms with Crippen LogP contribution in [-0.4, -0.2) is 110 Å². The van der Waals surface area contributed by atoms with Gasteiger partial charge in [-0.15, -0.1) is 0 Å². The van der Waals surface area contributed by atoms with Gasteiger partial charge in [-0.1, -0.05) is 221 Å². The van der Waals surface area contributed by atoms with E-state index in [0.717, 1.165) is 16.7 Å². The van der Waals surface area contributed by atoms with Crippen molar-refractivity contribution in [3.63, 3.8) is 0 Å². The van der Waals surface area contributed by atoms with Gasteiger partial charge in [0.15, 0.2) is 0 Å². The third-order valence-electron chi connectivity index (χ3n) is 14.8. The Hall–Kier alpha value is -6.27. The van der Waals surface area contributed by atoms with E-state index in [0.29, 0.717) is 42.8 Å². The summed E-state index contributed by atoms with van der Waals surface area (Å²) < 4.78 is 78.3. The zero-order valence-corrected chi connectivity index (χ0v) is 55.8. The van der Waals surface area contributed by atoms with E-state index >= 15 is 0 Å². The molecule has 5 N–H and O–H groups in total. The van der Waals surface area contributed by atoms with E-state index in [4.69, 9.17) is 39.8 Å². The van der Waals surface area contributed by atoms with E-state index < -0.39 is 97.4 Å². The molecule has 6 atom stereocenters. The van der Waals surface area contributed by atoms with Crippen molar-refractivity contribution >= 4 is 89.5 Å². The summed E-state index contributed by atoms with van der Waals surface area (Å²) in [7, 11) is -7.97. The Kier molecular flexibility index (Phi) is 24.7.